The topological polar surface area (TPSA) is 131 Å². The molecule has 160 valence electrons. The molecule has 1 atom stereocenters. The molecule has 0 saturated carbocycles. The van der Waals surface area contributed by atoms with Crippen LogP contribution in [0.5, 0.6) is 0 Å². The number of carbonyl (C=O) groups excluding carboxylic acids is 3. The molecule has 9 nitrogen and oxygen atoms in total. The van der Waals surface area contributed by atoms with Crippen LogP contribution in [0.2, 0.25) is 0 Å². The molecule has 30 heavy (non-hydrogen) atoms. The van der Waals surface area contributed by atoms with Crippen LogP contribution in [-0.2, 0) is 29.1 Å². The van der Waals surface area contributed by atoms with E-state index in [0.717, 1.165) is 6.07 Å². The first kappa shape index (κ1) is 23.0. The molecule has 11 heteroatoms. The Balaban J connectivity index is 1.90. The standard InChI is InChI=1S/C19H20FN3O6S/c1-12(19(26)29-11-18(25)22-17-6-4-3-5-16(17)20)23-30(27,28)15-9-7-14(8-10-15)21-13(2)24/h3-10,12,23H,11H2,1-2H3,(H,21,24)(H,22,25)/t12-/m0/s1. The molecule has 0 heterocycles. The van der Waals surface area contributed by atoms with Crippen molar-refractivity contribution >= 4 is 39.2 Å². The van der Waals surface area contributed by atoms with Gasteiger partial charge in [0.1, 0.15) is 11.9 Å². The Kier molecular flexibility index (Phi) is 7.61. The van der Waals surface area contributed by atoms with Crippen LogP contribution in [0.4, 0.5) is 15.8 Å². The maximum atomic E-state index is 13.5. The fourth-order valence-electron chi connectivity index (χ4n) is 2.28. The number of amides is 2. The summed E-state index contributed by atoms with van der Waals surface area (Å²) in [6.07, 6.45) is 0. The van der Waals surface area contributed by atoms with E-state index in [9.17, 15) is 27.2 Å². The van der Waals surface area contributed by atoms with E-state index in [2.05, 4.69) is 15.4 Å². The molecule has 0 spiro atoms. The van der Waals surface area contributed by atoms with Crippen molar-refractivity contribution in [2.45, 2.75) is 24.8 Å². The van der Waals surface area contributed by atoms with Crippen molar-refractivity contribution in [3.63, 3.8) is 0 Å². The van der Waals surface area contributed by atoms with E-state index in [1.165, 1.54) is 56.3 Å². The predicted octanol–water partition coefficient (Wildman–Crippen LogP) is 1.63. The Hall–Kier alpha value is -3.31. The largest absolute Gasteiger partial charge is 0.454 e. The van der Waals surface area contributed by atoms with Crippen molar-refractivity contribution in [2.75, 3.05) is 17.2 Å². The normalized spacial score (nSPS) is 12.0. The molecule has 0 aliphatic rings. The average molecular weight is 437 g/mol. The van der Waals surface area contributed by atoms with Crippen LogP contribution >= 0.6 is 0 Å². The molecule has 0 saturated heterocycles. The van der Waals surface area contributed by atoms with Crippen molar-refractivity contribution < 1.29 is 31.9 Å². The first-order chi connectivity index (χ1) is 14.1. The molecule has 2 amide bonds. The number of halogens is 1. The highest BCUT2D eigenvalue weighted by Gasteiger charge is 2.24. The van der Waals surface area contributed by atoms with Crippen molar-refractivity contribution in [3.8, 4) is 0 Å². The number of sulfonamides is 1. The fraction of sp³-hybridized carbons (Fsp3) is 0.211. The van der Waals surface area contributed by atoms with Gasteiger partial charge in [-0.2, -0.15) is 4.72 Å². The molecule has 0 aliphatic heterocycles. The summed E-state index contributed by atoms with van der Waals surface area (Å²) in [6, 6.07) is 9.48. The summed E-state index contributed by atoms with van der Waals surface area (Å²) in [5.74, 6) is -2.73. The quantitative estimate of drug-likeness (QED) is 0.538. The van der Waals surface area contributed by atoms with Gasteiger partial charge in [0, 0.05) is 12.6 Å². The molecule has 0 unspecified atom stereocenters. The minimum Gasteiger partial charge on any atom is -0.454 e. The molecule has 0 aromatic heterocycles. The summed E-state index contributed by atoms with van der Waals surface area (Å²) >= 11 is 0. The third kappa shape index (κ3) is 6.64. The zero-order chi connectivity index (χ0) is 22.3. The summed E-state index contributed by atoms with van der Waals surface area (Å²) in [5, 5.41) is 4.74. The fourth-order valence-corrected chi connectivity index (χ4v) is 3.47. The smallest absolute Gasteiger partial charge is 0.324 e. The second-order valence-electron chi connectivity index (χ2n) is 6.18. The number of para-hydroxylation sites is 1. The van der Waals surface area contributed by atoms with Gasteiger partial charge in [-0.15, -0.1) is 0 Å². The molecule has 0 aliphatic carbocycles. The number of ether oxygens (including phenoxy) is 1. The number of carbonyl (C=O) groups is 3. The lowest BCUT2D eigenvalue weighted by Crippen LogP contribution is -2.40. The second kappa shape index (κ2) is 9.94. The van der Waals surface area contributed by atoms with E-state index in [1.807, 2.05) is 0 Å². The number of nitrogens with one attached hydrogen (secondary N) is 3. The van der Waals surface area contributed by atoms with Gasteiger partial charge >= 0.3 is 5.97 Å². The number of anilines is 2. The first-order valence-electron chi connectivity index (χ1n) is 8.69. The molecular weight excluding hydrogens is 417 g/mol. The van der Waals surface area contributed by atoms with Crippen LogP contribution in [0.1, 0.15) is 13.8 Å². The van der Waals surface area contributed by atoms with E-state index in [-0.39, 0.29) is 16.5 Å². The van der Waals surface area contributed by atoms with Gasteiger partial charge in [-0.25, -0.2) is 12.8 Å². The van der Waals surface area contributed by atoms with Crippen molar-refractivity contribution in [3.05, 3.63) is 54.3 Å². The highest BCUT2D eigenvalue weighted by molar-refractivity contribution is 7.89. The van der Waals surface area contributed by atoms with Crippen LogP contribution in [0.3, 0.4) is 0 Å². The molecule has 2 rings (SSSR count). The van der Waals surface area contributed by atoms with E-state index < -0.39 is 40.4 Å². The zero-order valence-corrected chi connectivity index (χ0v) is 17.0. The van der Waals surface area contributed by atoms with Crippen molar-refractivity contribution in [2.24, 2.45) is 0 Å². The van der Waals surface area contributed by atoms with Gasteiger partial charge < -0.3 is 15.4 Å². The summed E-state index contributed by atoms with van der Waals surface area (Å²) in [5.41, 5.74) is 0.338. The Labute approximate surface area is 172 Å². The SMILES string of the molecule is CC(=O)Nc1ccc(S(=O)(=O)N[C@@H](C)C(=O)OCC(=O)Nc2ccccc2F)cc1. The summed E-state index contributed by atoms with van der Waals surface area (Å²) in [6.45, 7) is 1.85. The van der Waals surface area contributed by atoms with Crippen molar-refractivity contribution in [1.29, 1.82) is 0 Å². The minimum atomic E-state index is -4.06. The molecule has 2 aromatic carbocycles. The average Bonchev–Trinajstić information content (AvgIpc) is 2.67. The molecule has 0 fully saturated rings. The van der Waals surface area contributed by atoms with Crippen LogP contribution in [0.25, 0.3) is 0 Å². The summed E-state index contributed by atoms with van der Waals surface area (Å²) in [4.78, 5) is 34.7. The number of hydrogen-bond acceptors (Lipinski definition) is 6. The summed E-state index contributed by atoms with van der Waals surface area (Å²) < 4.78 is 45.1. The lowest BCUT2D eigenvalue weighted by atomic mass is 10.3. The Morgan fingerprint density at radius 1 is 1.03 bits per heavy atom. The highest BCUT2D eigenvalue weighted by Crippen LogP contribution is 2.15. The lowest BCUT2D eigenvalue weighted by Gasteiger charge is -2.14. The third-order valence-corrected chi connectivity index (χ3v) is 5.22. The third-order valence-electron chi connectivity index (χ3n) is 3.66. The second-order valence-corrected chi connectivity index (χ2v) is 7.90. The maximum Gasteiger partial charge on any atom is 0.324 e. The predicted molar refractivity (Wildman–Crippen MR) is 107 cm³/mol. The van der Waals surface area contributed by atoms with Gasteiger partial charge in [0.05, 0.1) is 10.6 Å². The minimum absolute atomic E-state index is 0.0741. The Morgan fingerprint density at radius 2 is 1.67 bits per heavy atom. The van der Waals surface area contributed by atoms with Gasteiger partial charge in [-0.05, 0) is 43.3 Å². The number of hydrogen-bond donors (Lipinski definition) is 3. The van der Waals surface area contributed by atoms with E-state index in [4.69, 9.17) is 4.74 Å². The molecule has 0 bridgehead atoms. The zero-order valence-electron chi connectivity index (χ0n) is 16.1. The van der Waals surface area contributed by atoms with Gasteiger partial charge in [-0.3, -0.25) is 14.4 Å². The van der Waals surface area contributed by atoms with E-state index >= 15 is 0 Å². The number of rotatable bonds is 8. The van der Waals surface area contributed by atoms with Crippen LogP contribution in [-0.4, -0.2) is 38.9 Å². The van der Waals surface area contributed by atoms with E-state index in [0.29, 0.717) is 5.69 Å². The van der Waals surface area contributed by atoms with Gasteiger partial charge in [-0.1, -0.05) is 12.1 Å². The monoisotopic (exact) mass is 437 g/mol. The number of esters is 1. The molecule has 0 radical (unpaired) electrons. The lowest BCUT2D eigenvalue weighted by molar-refractivity contribution is -0.148. The molecule has 2 aromatic rings. The summed E-state index contributed by atoms with van der Waals surface area (Å²) in [7, 11) is -4.06. The molecule has 3 N–H and O–H groups in total. The Bertz CT molecular complexity index is 1040. The van der Waals surface area contributed by atoms with Crippen molar-refractivity contribution in [1.82, 2.24) is 4.72 Å². The van der Waals surface area contributed by atoms with E-state index in [1.54, 1.807) is 0 Å². The van der Waals surface area contributed by atoms with Crippen LogP contribution in [0.15, 0.2) is 53.4 Å². The van der Waals surface area contributed by atoms with Crippen LogP contribution in [0, 0.1) is 5.82 Å². The first-order valence-corrected chi connectivity index (χ1v) is 10.2. The van der Waals surface area contributed by atoms with Gasteiger partial charge in [0.15, 0.2) is 6.61 Å². The highest BCUT2D eigenvalue weighted by atomic mass is 32.2. The maximum absolute atomic E-state index is 13.5. The number of benzene rings is 2. The van der Waals surface area contributed by atoms with Gasteiger partial charge in [0.2, 0.25) is 15.9 Å². The van der Waals surface area contributed by atoms with Gasteiger partial charge in [0.25, 0.3) is 5.91 Å². The van der Waals surface area contributed by atoms with Crippen LogP contribution < -0.4 is 15.4 Å². The molecular formula is C19H20FN3O6S. The Morgan fingerprint density at radius 3 is 2.27 bits per heavy atom.